The highest BCUT2D eigenvalue weighted by Gasteiger charge is 2.20. The molecule has 2 rings (SSSR count). The lowest BCUT2D eigenvalue weighted by atomic mass is 10.4. The molecule has 0 saturated heterocycles. The van der Waals surface area contributed by atoms with E-state index in [2.05, 4.69) is 10.3 Å². The van der Waals surface area contributed by atoms with Crippen LogP contribution in [0, 0.1) is 0 Å². The number of nitrogens with zero attached hydrogens (tertiary/aromatic N) is 3. The molecule has 0 fully saturated rings. The first kappa shape index (κ1) is 10.8. The van der Waals surface area contributed by atoms with Gasteiger partial charge in [0.15, 0.2) is 0 Å². The Hall–Kier alpha value is -1.69. The molecular weight excluding hydrogens is 226 g/mol. The van der Waals surface area contributed by atoms with Crippen LogP contribution in [0.5, 0.6) is 0 Å². The van der Waals surface area contributed by atoms with Gasteiger partial charge in [-0.1, -0.05) is 30.3 Å². The summed E-state index contributed by atoms with van der Waals surface area (Å²) in [7, 11) is -3.60. The molecule has 5 nitrogen and oxygen atoms in total. The van der Waals surface area contributed by atoms with E-state index >= 15 is 0 Å². The lowest BCUT2D eigenvalue weighted by Crippen LogP contribution is -2.17. The molecule has 2 aromatic rings. The summed E-state index contributed by atoms with van der Waals surface area (Å²) >= 11 is 0. The Morgan fingerprint density at radius 1 is 1.25 bits per heavy atom. The van der Waals surface area contributed by atoms with Crippen LogP contribution in [0.1, 0.15) is 12.6 Å². The van der Waals surface area contributed by atoms with E-state index < -0.39 is 10.0 Å². The molecule has 16 heavy (non-hydrogen) atoms. The van der Waals surface area contributed by atoms with Crippen LogP contribution >= 0.6 is 0 Å². The van der Waals surface area contributed by atoms with Gasteiger partial charge < -0.3 is 0 Å². The Balaban J connectivity index is 2.56. The highest BCUT2D eigenvalue weighted by atomic mass is 32.2. The van der Waals surface area contributed by atoms with Crippen molar-refractivity contribution in [3.8, 4) is 0 Å². The molecule has 0 aliphatic carbocycles. The summed E-state index contributed by atoms with van der Waals surface area (Å²) in [5.74, 6) is 0. The SMILES string of the molecule is CCc1cnnn1S(=O)(=O)c1ccccc1. The van der Waals surface area contributed by atoms with Crippen molar-refractivity contribution in [2.75, 3.05) is 0 Å². The minimum atomic E-state index is -3.60. The van der Waals surface area contributed by atoms with Crippen LogP contribution in [0.2, 0.25) is 0 Å². The summed E-state index contributed by atoms with van der Waals surface area (Å²) in [6.45, 7) is 1.86. The molecule has 0 aliphatic rings. The largest absolute Gasteiger partial charge is 0.284 e. The lowest BCUT2D eigenvalue weighted by molar-refractivity contribution is 0.574. The van der Waals surface area contributed by atoms with Gasteiger partial charge in [-0.2, -0.15) is 8.42 Å². The molecular formula is C10H11N3O2S. The Bertz CT molecular complexity index is 575. The molecule has 0 atom stereocenters. The summed E-state index contributed by atoms with van der Waals surface area (Å²) in [6.07, 6.45) is 2.03. The molecule has 0 spiro atoms. The minimum Gasteiger partial charge on any atom is -0.199 e. The summed E-state index contributed by atoms with van der Waals surface area (Å²) < 4.78 is 25.2. The number of hydrogen-bond acceptors (Lipinski definition) is 4. The first-order valence-corrected chi connectivity index (χ1v) is 6.30. The van der Waals surface area contributed by atoms with Gasteiger partial charge in [0.2, 0.25) is 0 Å². The van der Waals surface area contributed by atoms with E-state index in [1.165, 1.54) is 18.3 Å². The van der Waals surface area contributed by atoms with Gasteiger partial charge in [0.1, 0.15) is 0 Å². The van der Waals surface area contributed by atoms with Crippen molar-refractivity contribution in [1.29, 1.82) is 0 Å². The standard InChI is InChI=1S/C10H11N3O2S/c1-2-9-8-11-12-13(9)16(14,15)10-6-4-3-5-7-10/h3-8H,2H2,1H3. The van der Waals surface area contributed by atoms with Crippen molar-refractivity contribution >= 4 is 10.0 Å². The van der Waals surface area contributed by atoms with Crippen LogP contribution in [0.15, 0.2) is 41.4 Å². The van der Waals surface area contributed by atoms with Gasteiger partial charge in [0.05, 0.1) is 16.8 Å². The van der Waals surface area contributed by atoms with Crippen LogP contribution in [0.3, 0.4) is 0 Å². The highest BCUT2D eigenvalue weighted by molar-refractivity contribution is 7.89. The molecule has 0 bridgehead atoms. The molecule has 0 radical (unpaired) electrons. The first-order chi connectivity index (χ1) is 7.66. The fraction of sp³-hybridized carbons (Fsp3) is 0.200. The van der Waals surface area contributed by atoms with E-state index in [0.717, 1.165) is 4.09 Å². The van der Waals surface area contributed by atoms with Gasteiger partial charge >= 0.3 is 0 Å². The van der Waals surface area contributed by atoms with E-state index in [1.54, 1.807) is 18.2 Å². The summed E-state index contributed by atoms with van der Waals surface area (Å²) in [5, 5.41) is 7.23. The molecule has 84 valence electrons. The van der Waals surface area contributed by atoms with E-state index in [1.807, 2.05) is 6.92 Å². The molecule has 6 heteroatoms. The summed E-state index contributed by atoms with van der Waals surface area (Å²) in [5.41, 5.74) is 0.573. The Labute approximate surface area is 93.8 Å². The molecule has 0 N–H and O–H groups in total. The van der Waals surface area contributed by atoms with E-state index in [-0.39, 0.29) is 4.90 Å². The monoisotopic (exact) mass is 237 g/mol. The lowest BCUT2D eigenvalue weighted by Gasteiger charge is -2.05. The topological polar surface area (TPSA) is 64.8 Å². The van der Waals surface area contributed by atoms with Crippen LogP contribution < -0.4 is 0 Å². The van der Waals surface area contributed by atoms with Gasteiger partial charge in [0.25, 0.3) is 10.0 Å². The highest BCUT2D eigenvalue weighted by Crippen LogP contribution is 2.13. The van der Waals surface area contributed by atoms with Gasteiger partial charge in [-0.25, -0.2) is 0 Å². The molecule has 1 aromatic heterocycles. The van der Waals surface area contributed by atoms with Crippen molar-refractivity contribution in [2.45, 2.75) is 18.2 Å². The Morgan fingerprint density at radius 2 is 1.94 bits per heavy atom. The average molecular weight is 237 g/mol. The number of aryl methyl sites for hydroxylation is 1. The maximum absolute atomic E-state index is 12.1. The molecule has 1 heterocycles. The second kappa shape index (κ2) is 4.05. The zero-order chi connectivity index (χ0) is 11.6. The maximum Gasteiger partial charge on any atom is 0.284 e. The Kier molecular flexibility index (Phi) is 2.74. The third-order valence-corrected chi connectivity index (χ3v) is 3.85. The van der Waals surface area contributed by atoms with E-state index in [9.17, 15) is 8.42 Å². The average Bonchev–Trinajstić information content (AvgIpc) is 2.79. The second-order valence-corrected chi connectivity index (χ2v) is 5.01. The predicted octanol–water partition coefficient (Wildman–Crippen LogP) is 1.08. The van der Waals surface area contributed by atoms with Crippen molar-refractivity contribution in [3.05, 3.63) is 42.2 Å². The van der Waals surface area contributed by atoms with Gasteiger partial charge in [-0.05, 0) is 18.6 Å². The zero-order valence-corrected chi connectivity index (χ0v) is 9.55. The van der Waals surface area contributed by atoms with Crippen LogP contribution in [0.4, 0.5) is 0 Å². The minimum absolute atomic E-state index is 0.218. The number of aromatic nitrogens is 3. The maximum atomic E-state index is 12.1. The zero-order valence-electron chi connectivity index (χ0n) is 8.74. The Morgan fingerprint density at radius 3 is 2.56 bits per heavy atom. The van der Waals surface area contributed by atoms with E-state index in [0.29, 0.717) is 12.1 Å². The quantitative estimate of drug-likeness (QED) is 0.801. The molecule has 0 amide bonds. The van der Waals surface area contributed by atoms with Crippen LogP contribution in [-0.4, -0.2) is 22.8 Å². The van der Waals surface area contributed by atoms with Crippen molar-refractivity contribution < 1.29 is 8.42 Å². The fourth-order valence-electron chi connectivity index (χ4n) is 1.37. The van der Waals surface area contributed by atoms with Gasteiger partial charge in [-0.3, -0.25) is 0 Å². The van der Waals surface area contributed by atoms with Crippen LogP contribution in [-0.2, 0) is 16.4 Å². The first-order valence-electron chi connectivity index (χ1n) is 4.86. The second-order valence-electron chi connectivity index (χ2n) is 3.24. The van der Waals surface area contributed by atoms with Gasteiger partial charge in [0, 0.05) is 0 Å². The number of rotatable bonds is 3. The predicted molar refractivity (Wildman–Crippen MR) is 58.4 cm³/mol. The van der Waals surface area contributed by atoms with Crippen molar-refractivity contribution in [2.24, 2.45) is 0 Å². The van der Waals surface area contributed by atoms with Crippen molar-refractivity contribution in [3.63, 3.8) is 0 Å². The smallest absolute Gasteiger partial charge is 0.199 e. The fourth-order valence-corrected chi connectivity index (χ4v) is 2.69. The number of hydrogen-bond donors (Lipinski definition) is 0. The van der Waals surface area contributed by atoms with Crippen LogP contribution in [0.25, 0.3) is 0 Å². The normalized spacial score (nSPS) is 11.6. The molecule has 1 aromatic carbocycles. The van der Waals surface area contributed by atoms with Gasteiger partial charge in [-0.15, -0.1) is 9.19 Å². The molecule has 0 unspecified atom stereocenters. The number of benzene rings is 1. The molecule has 0 aliphatic heterocycles. The van der Waals surface area contributed by atoms with Crippen molar-refractivity contribution in [1.82, 2.24) is 14.4 Å². The van der Waals surface area contributed by atoms with E-state index in [4.69, 9.17) is 0 Å². The summed E-state index contributed by atoms with van der Waals surface area (Å²) in [6, 6.07) is 8.19. The summed E-state index contributed by atoms with van der Waals surface area (Å²) in [4.78, 5) is 0.218. The third-order valence-electron chi connectivity index (χ3n) is 2.22. The molecule has 0 saturated carbocycles. The third kappa shape index (κ3) is 1.71.